The number of nitrogens with zero attached hydrogens (tertiary/aromatic N) is 7. The summed E-state index contributed by atoms with van der Waals surface area (Å²) in [7, 11) is 2.14. The van der Waals surface area contributed by atoms with E-state index in [9.17, 15) is 4.39 Å². The lowest BCUT2D eigenvalue weighted by molar-refractivity contribution is 0.122. The first-order valence-electron chi connectivity index (χ1n) is 11.7. The van der Waals surface area contributed by atoms with Crippen LogP contribution in [-0.2, 0) is 4.74 Å². The molecule has 6 rings (SSSR count). The Morgan fingerprint density at radius 3 is 2.56 bits per heavy atom. The number of rotatable bonds is 5. The van der Waals surface area contributed by atoms with Crippen LogP contribution >= 0.6 is 0 Å². The SMILES string of the molecule is CN1CC2CC1CN2c1ccc(Nc2nccc(-c3cnc(N4CCOCC4)nc3)n2)cc1F. The number of anilines is 4. The number of morpholine rings is 1. The van der Waals surface area contributed by atoms with Crippen LogP contribution in [0.1, 0.15) is 6.42 Å². The summed E-state index contributed by atoms with van der Waals surface area (Å²) in [5, 5.41) is 3.12. The molecule has 3 aromatic rings. The summed E-state index contributed by atoms with van der Waals surface area (Å²) in [6.07, 6.45) is 6.30. The predicted molar refractivity (Wildman–Crippen MR) is 128 cm³/mol. The van der Waals surface area contributed by atoms with Gasteiger partial charge in [0.1, 0.15) is 5.82 Å². The van der Waals surface area contributed by atoms with Gasteiger partial charge in [-0.15, -0.1) is 0 Å². The van der Waals surface area contributed by atoms with Gasteiger partial charge in [-0.05, 0) is 37.7 Å². The van der Waals surface area contributed by atoms with Crippen molar-refractivity contribution in [3.05, 3.63) is 48.7 Å². The molecule has 1 N–H and O–H groups in total. The maximum absolute atomic E-state index is 15.0. The molecule has 176 valence electrons. The van der Waals surface area contributed by atoms with Crippen LogP contribution in [0.15, 0.2) is 42.9 Å². The lowest BCUT2D eigenvalue weighted by Gasteiger charge is -2.33. The summed E-state index contributed by atoms with van der Waals surface area (Å²) in [5.41, 5.74) is 2.76. The summed E-state index contributed by atoms with van der Waals surface area (Å²) in [6, 6.07) is 7.96. The maximum Gasteiger partial charge on any atom is 0.227 e. The van der Waals surface area contributed by atoms with Crippen LogP contribution in [0.5, 0.6) is 0 Å². The molecule has 0 aliphatic carbocycles. The number of likely N-dealkylation sites (tertiary alicyclic amines) is 1. The maximum atomic E-state index is 15.0. The Bertz CT molecular complexity index is 1170. The van der Waals surface area contributed by atoms with Crippen LogP contribution in [0, 0.1) is 5.82 Å². The first-order valence-corrected chi connectivity index (χ1v) is 11.7. The first-order chi connectivity index (χ1) is 16.6. The van der Waals surface area contributed by atoms with Gasteiger partial charge >= 0.3 is 0 Å². The average molecular weight is 463 g/mol. The van der Waals surface area contributed by atoms with E-state index in [1.54, 1.807) is 24.7 Å². The lowest BCUT2D eigenvalue weighted by atomic mass is 10.2. The van der Waals surface area contributed by atoms with E-state index >= 15 is 0 Å². The highest BCUT2D eigenvalue weighted by Gasteiger charge is 2.42. The zero-order valence-corrected chi connectivity index (χ0v) is 19.1. The third-order valence-corrected chi connectivity index (χ3v) is 6.91. The van der Waals surface area contributed by atoms with Gasteiger partial charge in [0.2, 0.25) is 11.9 Å². The molecule has 2 unspecified atom stereocenters. The number of hydrogen-bond acceptors (Lipinski definition) is 9. The Kier molecular flexibility index (Phi) is 5.46. The minimum atomic E-state index is -0.233. The molecule has 2 bridgehead atoms. The predicted octanol–water partition coefficient (Wildman–Crippen LogP) is 2.55. The molecule has 5 heterocycles. The van der Waals surface area contributed by atoms with Gasteiger partial charge in [-0.1, -0.05) is 0 Å². The second kappa shape index (κ2) is 8.77. The van der Waals surface area contributed by atoms with Crippen molar-refractivity contribution < 1.29 is 9.13 Å². The number of piperazine rings is 1. The Morgan fingerprint density at radius 2 is 1.85 bits per heavy atom. The molecule has 3 fully saturated rings. The third-order valence-electron chi connectivity index (χ3n) is 6.91. The molecular weight excluding hydrogens is 435 g/mol. The van der Waals surface area contributed by atoms with E-state index in [0.29, 0.717) is 54.3 Å². The number of benzene rings is 1. The number of fused-ring (bicyclic) bond motifs is 2. The van der Waals surface area contributed by atoms with Gasteiger partial charge in [-0.3, -0.25) is 4.90 Å². The highest BCUT2D eigenvalue weighted by molar-refractivity contribution is 5.64. The summed E-state index contributed by atoms with van der Waals surface area (Å²) in [6.45, 7) is 4.80. The van der Waals surface area contributed by atoms with Crippen LogP contribution in [0.4, 0.5) is 27.7 Å². The molecule has 10 heteroatoms. The molecule has 0 spiro atoms. The Hall–Kier alpha value is -3.37. The largest absolute Gasteiger partial charge is 0.378 e. The fourth-order valence-electron chi connectivity index (χ4n) is 5.07. The van der Waals surface area contributed by atoms with Crippen molar-refractivity contribution in [3.8, 4) is 11.3 Å². The zero-order chi connectivity index (χ0) is 23.1. The lowest BCUT2D eigenvalue weighted by Crippen LogP contribution is -2.44. The van der Waals surface area contributed by atoms with Crippen molar-refractivity contribution in [2.75, 3.05) is 61.6 Å². The minimum Gasteiger partial charge on any atom is -0.378 e. The molecule has 0 saturated carbocycles. The summed E-state index contributed by atoms with van der Waals surface area (Å²) >= 11 is 0. The number of aromatic nitrogens is 4. The van der Waals surface area contributed by atoms with Gasteiger partial charge < -0.3 is 19.9 Å². The molecule has 3 aliphatic rings. The number of nitrogens with one attached hydrogen (secondary N) is 1. The highest BCUT2D eigenvalue weighted by Crippen LogP contribution is 2.35. The molecule has 9 nitrogen and oxygen atoms in total. The molecular formula is C24H27FN8O. The summed E-state index contributed by atoms with van der Waals surface area (Å²) < 4.78 is 20.4. The quantitative estimate of drug-likeness (QED) is 0.615. The van der Waals surface area contributed by atoms with E-state index in [2.05, 4.69) is 47.0 Å². The van der Waals surface area contributed by atoms with Crippen LogP contribution in [0.25, 0.3) is 11.3 Å². The van der Waals surface area contributed by atoms with E-state index in [-0.39, 0.29) is 5.82 Å². The standard InChI is InChI=1S/C24H27FN8O/c1-31-14-19-11-18(31)15-33(19)22-3-2-17(10-20(22)25)29-23-26-5-4-21(30-23)16-12-27-24(28-13-16)32-6-8-34-9-7-32/h2-5,10,12-13,18-19H,6-9,11,14-15H2,1H3,(H,26,29,30). The second-order valence-corrected chi connectivity index (χ2v) is 9.06. The van der Waals surface area contributed by atoms with Crippen LogP contribution < -0.4 is 15.1 Å². The van der Waals surface area contributed by atoms with Crippen molar-refractivity contribution in [1.82, 2.24) is 24.8 Å². The first kappa shape index (κ1) is 21.2. The van der Waals surface area contributed by atoms with Crippen molar-refractivity contribution >= 4 is 23.3 Å². The van der Waals surface area contributed by atoms with Crippen molar-refractivity contribution in [2.45, 2.75) is 18.5 Å². The van der Waals surface area contributed by atoms with Crippen LogP contribution in [0.2, 0.25) is 0 Å². The van der Waals surface area contributed by atoms with E-state index in [1.807, 2.05) is 12.1 Å². The second-order valence-electron chi connectivity index (χ2n) is 9.06. The number of halogens is 1. The molecule has 2 atom stereocenters. The highest BCUT2D eigenvalue weighted by atomic mass is 19.1. The molecule has 34 heavy (non-hydrogen) atoms. The fourth-order valence-corrected chi connectivity index (χ4v) is 5.07. The molecule has 2 aromatic heterocycles. The molecule has 0 amide bonds. The van der Waals surface area contributed by atoms with Gasteiger partial charge in [0.25, 0.3) is 0 Å². The van der Waals surface area contributed by atoms with Crippen LogP contribution in [0.3, 0.4) is 0 Å². The number of hydrogen-bond donors (Lipinski definition) is 1. The van der Waals surface area contributed by atoms with Crippen molar-refractivity contribution in [1.29, 1.82) is 0 Å². The smallest absolute Gasteiger partial charge is 0.227 e. The third kappa shape index (κ3) is 4.03. The van der Waals surface area contributed by atoms with Gasteiger partial charge in [-0.2, -0.15) is 0 Å². The Labute approximate surface area is 197 Å². The van der Waals surface area contributed by atoms with Gasteiger partial charge in [-0.25, -0.2) is 24.3 Å². The van der Waals surface area contributed by atoms with Crippen LogP contribution in [-0.4, -0.2) is 83.4 Å². The topological polar surface area (TPSA) is 82.5 Å². The molecule has 3 aliphatic heterocycles. The Balaban J connectivity index is 1.16. The van der Waals surface area contributed by atoms with Gasteiger partial charge in [0, 0.05) is 68.1 Å². The minimum absolute atomic E-state index is 0.233. The van der Waals surface area contributed by atoms with Crippen molar-refractivity contribution in [3.63, 3.8) is 0 Å². The van der Waals surface area contributed by atoms with Gasteiger partial charge in [0.05, 0.1) is 24.6 Å². The Morgan fingerprint density at radius 1 is 1.03 bits per heavy atom. The summed E-state index contributed by atoms with van der Waals surface area (Å²) in [5.74, 6) is 0.847. The molecule has 3 saturated heterocycles. The van der Waals surface area contributed by atoms with E-state index < -0.39 is 0 Å². The normalized spacial score (nSPS) is 22.4. The monoisotopic (exact) mass is 462 g/mol. The van der Waals surface area contributed by atoms with Gasteiger partial charge in [0.15, 0.2) is 0 Å². The molecule has 0 radical (unpaired) electrons. The number of ether oxygens (including phenoxy) is 1. The molecule has 1 aromatic carbocycles. The average Bonchev–Trinajstić information content (AvgIpc) is 3.45. The fraction of sp³-hybridized carbons (Fsp3) is 0.417. The van der Waals surface area contributed by atoms with Crippen molar-refractivity contribution in [2.24, 2.45) is 0 Å². The zero-order valence-electron chi connectivity index (χ0n) is 19.1. The van der Waals surface area contributed by atoms with E-state index in [4.69, 9.17) is 4.74 Å². The van der Waals surface area contributed by atoms with E-state index in [0.717, 1.165) is 38.2 Å². The number of likely N-dealkylation sites (N-methyl/N-ethyl adjacent to an activating group) is 1. The van der Waals surface area contributed by atoms with E-state index in [1.165, 1.54) is 6.07 Å². The summed E-state index contributed by atoms with van der Waals surface area (Å²) in [4.78, 5) is 24.5.